The molecule has 0 atom stereocenters. The predicted octanol–water partition coefficient (Wildman–Crippen LogP) is 2.29. The molecule has 1 fully saturated rings. The van der Waals surface area contributed by atoms with Crippen LogP contribution in [0.3, 0.4) is 0 Å². The lowest BCUT2D eigenvalue weighted by Gasteiger charge is -2.27. The molecule has 0 saturated carbocycles. The Morgan fingerprint density at radius 2 is 1.81 bits per heavy atom. The third-order valence-corrected chi connectivity index (χ3v) is 6.67. The zero-order chi connectivity index (χ0) is 18.9. The molecule has 0 radical (unpaired) electrons. The summed E-state index contributed by atoms with van der Waals surface area (Å²) in [5.41, 5.74) is 1.72. The summed E-state index contributed by atoms with van der Waals surface area (Å²) < 4.78 is 33.0. The second-order valence-electron chi connectivity index (χ2n) is 6.68. The van der Waals surface area contributed by atoms with E-state index in [1.807, 2.05) is 12.1 Å². The van der Waals surface area contributed by atoms with E-state index < -0.39 is 10.0 Å². The van der Waals surface area contributed by atoms with Crippen LogP contribution in [0.5, 0.6) is 5.75 Å². The Bertz CT molecular complexity index is 1040. The molecule has 0 bridgehead atoms. The van der Waals surface area contributed by atoms with Gasteiger partial charge in [0.15, 0.2) is 0 Å². The number of piperazine rings is 1. The lowest BCUT2D eigenvalue weighted by molar-refractivity contribution is 0.234. The van der Waals surface area contributed by atoms with Crippen molar-refractivity contribution in [2.24, 2.45) is 0 Å². The molecule has 6 nitrogen and oxygen atoms in total. The Hall–Kier alpha value is -2.35. The van der Waals surface area contributed by atoms with Gasteiger partial charge in [0.25, 0.3) is 10.0 Å². The maximum absolute atomic E-state index is 13.1. The Kier molecular flexibility index (Phi) is 4.90. The largest absolute Gasteiger partial charge is 0.497 e. The average molecular weight is 385 g/mol. The molecule has 0 spiro atoms. The second-order valence-corrected chi connectivity index (χ2v) is 8.49. The van der Waals surface area contributed by atoms with Crippen LogP contribution >= 0.6 is 0 Å². The molecule has 0 aliphatic carbocycles. The molecule has 2 heterocycles. The fourth-order valence-corrected chi connectivity index (χ4v) is 4.90. The number of nitrogens with one attached hydrogen (secondary N) is 1. The summed E-state index contributed by atoms with van der Waals surface area (Å²) >= 11 is 0. The fraction of sp³-hybridized carbons (Fsp3) is 0.300. The van der Waals surface area contributed by atoms with Gasteiger partial charge in [-0.3, -0.25) is 4.90 Å². The van der Waals surface area contributed by atoms with Crippen LogP contribution in [-0.4, -0.2) is 50.6 Å². The maximum Gasteiger partial charge on any atom is 0.268 e. The Balaban J connectivity index is 1.81. The average Bonchev–Trinajstić information content (AvgIpc) is 3.14. The van der Waals surface area contributed by atoms with Gasteiger partial charge in [0, 0.05) is 50.4 Å². The first-order chi connectivity index (χ1) is 13.1. The highest BCUT2D eigenvalue weighted by Crippen LogP contribution is 2.30. The van der Waals surface area contributed by atoms with Crippen molar-refractivity contribution in [3.63, 3.8) is 0 Å². The van der Waals surface area contributed by atoms with Crippen molar-refractivity contribution >= 4 is 20.9 Å². The van der Waals surface area contributed by atoms with E-state index in [4.69, 9.17) is 4.74 Å². The minimum atomic E-state index is -3.66. The van der Waals surface area contributed by atoms with Crippen LogP contribution < -0.4 is 10.1 Å². The first-order valence-electron chi connectivity index (χ1n) is 9.01. The van der Waals surface area contributed by atoms with E-state index >= 15 is 0 Å². The summed E-state index contributed by atoms with van der Waals surface area (Å²) in [6.45, 7) is 4.65. The topological polar surface area (TPSA) is 63.6 Å². The van der Waals surface area contributed by atoms with Gasteiger partial charge in [-0.25, -0.2) is 12.4 Å². The Morgan fingerprint density at radius 1 is 1.07 bits per heavy atom. The van der Waals surface area contributed by atoms with Crippen LogP contribution in [0, 0.1) is 0 Å². The molecule has 1 aliphatic rings. The molecular formula is C20H23N3O3S. The molecule has 142 valence electrons. The van der Waals surface area contributed by atoms with E-state index in [1.165, 1.54) is 3.97 Å². The number of aromatic nitrogens is 1. The van der Waals surface area contributed by atoms with Crippen LogP contribution in [0.4, 0.5) is 0 Å². The Labute approximate surface area is 159 Å². The van der Waals surface area contributed by atoms with Crippen molar-refractivity contribution in [2.45, 2.75) is 11.4 Å². The third-order valence-electron chi connectivity index (χ3n) is 4.97. The standard InChI is InChI=1S/C20H23N3O3S/c1-26-17-13-16(15-22-11-8-21-9-12-22)19-7-10-23(20(19)14-17)27(24,25)18-5-3-2-4-6-18/h2-7,10,13-14,21H,8-9,11-12,15H2,1H3. The molecule has 3 aromatic rings. The van der Waals surface area contributed by atoms with Gasteiger partial charge in [-0.2, -0.15) is 0 Å². The molecular weight excluding hydrogens is 362 g/mol. The number of nitrogens with zero attached hydrogens (tertiary/aromatic N) is 2. The van der Waals surface area contributed by atoms with Gasteiger partial charge in [-0.1, -0.05) is 18.2 Å². The third kappa shape index (κ3) is 3.45. The van der Waals surface area contributed by atoms with Crippen LogP contribution in [0.2, 0.25) is 0 Å². The van der Waals surface area contributed by atoms with Gasteiger partial charge in [0.2, 0.25) is 0 Å². The number of benzene rings is 2. The molecule has 0 amide bonds. The molecule has 1 aliphatic heterocycles. The molecule has 2 aromatic carbocycles. The SMILES string of the molecule is COc1cc(CN2CCNCC2)c2ccn(S(=O)(=O)c3ccccc3)c2c1. The van der Waals surface area contributed by atoms with E-state index in [0.717, 1.165) is 43.7 Å². The highest BCUT2D eigenvalue weighted by atomic mass is 32.2. The molecule has 7 heteroatoms. The predicted molar refractivity (Wildman–Crippen MR) is 106 cm³/mol. The minimum Gasteiger partial charge on any atom is -0.497 e. The number of hydrogen-bond donors (Lipinski definition) is 1. The van der Waals surface area contributed by atoms with E-state index in [1.54, 1.807) is 49.7 Å². The lowest BCUT2D eigenvalue weighted by Crippen LogP contribution is -2.42. The molecule has 27 heavy (non-hydrogen) atoms. The van der Waals surface area contributed by atoms with E-state index in [-0.39, 0.29) is 4.90 Å². The van der Waals surface area contributed by atoms with Crippen molar-refractivity contribution in [3.05, 3.63) is 60.3 Å². The number of methoxy groups -OCH3 is 1. The van der Waals surface area contributed by atoms with Crippen molar-refractivity contribution in [3.8, 4) is 5.75 Å². The second kappa shape index (κ2) is 7.34. The minimum absolute atomic E-state index is 0.272. The van der Waals surface area contributed by atoms with Crippen LogP contribution in [-0.2, 0) is 16.6 Å². The maximum atomic E-state index is 13.1. The highest BCUT2D eigenvalue weighted by molar-refractivity contribution is 7.90. The molecule has 4 rings (SSSR count). The van der Waals surface area contributed by atoms with E-state index in [9.17, 15) is 8.42 Å². The van der Waals surface area contributed by atoms with Crippen LogP contribution in [0.1, 0.15) is 5.56 Å². The summed E-state index contributed by atoms with van der Waals surface area (Å²) in [7, 11) is -2.05. The molecule has 1 N–H and O–H groups in total. The first-order valence-corrected chi connectivity index (χ1v) is 10.5. The van der Waals surface area contributed by atoms with Gasteiger partial charge >= 0.3 is 0 Å². The van der Waals surface area contributed by atoms with Crippen LogP contribution in [0.25, 0.3) is 10.9 Å². The van der Waals surface area contributed by atoms with Crippen LogP contribution in [0.15, 0.2) is 59.6 Å². The van der Waals surface area contributed by atoms with E-state index in [2.05, 4.69) is 10.2 Å². The summed E-state index contributed by atoms with van der Waals surface area (Å²) in [6.07, 6.45) is 1.63. The number of fused-ring (bicyclic) bond motifs is 1. The summed E-state index contributed by atoms with van der Waals surface area (Å²) in [4.78, 5) is 2.64. The normalized spacial score (nSPS) is 15.9. The zero-order valence-corrected chi connectivity index (χ0v) is 16.1. The number of ether oxygens (including phenoxy) is 1. The van der Waals surface area contributed by atoms with Gasteiger partial charge in [0.05, 0.1) is 17.5 Å². The summed E-state index contributed by atoms with van der Waals surface area (Å²) in [6, 6.07) is 14.2. The smallest absolute Gasteiger partial charge is 0.268 e. The monoisotopic (exact) mass is 385 g/mol. The van der Waals surface area contributed by atoms with Gasteiger partial charge in [-0.15, -0.1) is 0 Å². The number of rotatable bonds is 5. The first kappa shape index (κ1) is 18.0. The van der Waals surface area contributed by atoms with Crippen molar-refractivity contribution in [2.75, 3.05) is 33.3 Å². The lowest BCUT2D eigenvalue weighted by atomic mass is 10.1. The van der Waals surface area contributed by atoms with Crippen molar-refractivity contribution < 1.29 is 13.2 Å². The zero-order valence-electron chi connectivity index (χ0n) is 15.3. The van der Waals surface area contributed by atoms with E-state index in [0.29, 0.717) is 11.3 Å². The number of hydrogen-bond acceptors (Lipinski definition) is 5. The van der Waals surface area contributed by atoms with Gasteiger partial charge in [0.1, 0.15) is 5.75 Å². The van der Waals surface area contributed by atoms with Gasteiger partial charge < -0.3 is 10.1 Å². The highest BCUT2D eigenvalue weighted by Gasteiger charge is 2.21. The van der Waals surface area contributed by atoms with Crippen molar-refractivity contribution in [1.82, 2.24) is 14.2 Å². The van der Waals surface area contributed by atoms with Crippen molar-refractivity contribution in [1.29, 1.82) is 0 Å². The molecule has 1 aromatic heterocycles. The molecule has 0 unspecified atom stereocenters. The molecule has 1 saturated heterocycles. The summed E-state index contributed by atoms with van der Waals surface area (Å²) in [5.74, 6) is 0.663. The summed E-state index contributed by atoms with van der Waals surface area (Å²) in [5, 5.41) is 4.29. The fourth-order valence-electron chi connectivity index (χ4n) is 3.54. The quantitative estimate of drug-likeness (QED) is 0.730. The Morgan fingerprint density at radius 3 is 2.52 bits per heavy atom. The van der Waals surface area contributed by atoms with Gasteiger partial charge in [-0.05, 0) is 29.8 Å².